The van der Waals surface area contributed by atoms with E-state index < -0.39 is 0 Å². The maximum absolute atomic E-state index is 13.6. The minimum absolute atomic E-state index is 0.0308. The van der Waals surface area contributed by atoms with Crippen LogP contribution in [0.2, 0.25) is 0 Å². The maximum Gasteiger partial charge on any atom is 0.238 e. The summed E-state index contributed by atoms with van der Waals surface area (Å²) in [5, 5.41) is 2.63. The van der Waals surface area contributed by atoms with Gasteiger partial charge in [0.25, 0.3) is 0 Å². The lowest BCUT2D eigenvalue weighted by atomic mass is 10.1. The number of benzene rings is 2. The second-order valence-electron chi connectivity index (χ2n) is 5.83. The van der Waals surface area contributed by atoms with E-state index in [0.717, 1.165) is 12.0 Å². The highest BCUT2D eigenvalue weighted by atomic mass is 32.2. The summed E-state index contributed by atoms with van der Waals surface area (Å²) in [6.45, 7) is 1.95. The lowest BCUT2D eigenvalue weighted by molar-refractivity contribution is -0.116. The second-order valence-corrected chi connectivity index (χ2v) is 6.90. The molecule has 130 valence electrons. The van der Waals surface area contributed by atoms with Crippen molar-refractivity contribution < 1.29 is 14.0 Å². The summed E-state index contributed by atoms with van der Waals surface area (Å²) in [4.78, 5) is 25.7. The van der Waals surface area contributed by atoms with Crippen LogP contribution in [0.1, 0.15) is 30.7 Å². The van der Waals surface area contributed by atoms with Gasteiger partial charge in [0.15, 0.2) is 0 Å². The molecule has 1 fully saturated rings. The van der Waals surface area contributed by atoms with E-state index in [4.69, 9.17) is 0 Å². The summed E-state index contributed by atoms with van der Waals surface area (Å²) in [6.07, 6.45) is 1.25. The van der Waals surface area contributed by atoms with Gasteiger partial charge in [0.2, 0.25) is 11.8 Å². The van der Waals surface area contributed by atoms with Gasteiger partial charge in [-0.15, -0.1) is 11.8 Å². The van der Waals surface area contributed by atoms with Gasteiger partial charge in [-0.2, -0.15) is 0 Å². The van der Waals surface area contributed by atoms with Gasteiger partial charge in [-0.1, -0.05) is 25.1 Å². The van der Waals surface area contributed by atoms with Crippen LogP contribution in [0.4, 0.5) is 15.8 Å². The van der Waals surface area contributed by atoms with Gasteiger partial charge in [-0.05, 0) is 42.3 Å². The lowest BCUT2D eigenvalue weighted by Crippen LogP contribution is -2.27. The molecule has 0 spiro atoms. The molecule has 1 heterocycles. The normalized spacial score (nSPS) is 17.0. The molecule has 0 bridgehead atoms. The first-order valence-electron chi connectivity index (χ1n) is 8.17. The number of hydrogen-bond acceptors (Lipinski definition) is 3. The molecule has 1 N–H and O–H groups in total. The fourth-order valence-corrected chi connectivity index (χ4v) is 3.96. The van der Waals surface area contributed by atoms with Crippen molar-refractivity contribution in [2.75, 3.05) is 16.0 Å². The van der Waals surface area contributed by atoms with Crippen molar-refractivity contribution in [3.8, 4) is 0 Å². The van der Waals surface area contributed by atoms with Gasteiger partial charge in [-0.25, -0.2) is 4.39 Å². The molecule has 6 heteroatoms. The molecular weight excluding hydrogens is 339 g/mol. The van der Waals surface area contributed by atoms with Crippen molar-refractivity contribution in [1.29, 1.82) is 0 Å². The summed E-state index contributed by atoms with van der Waals surface area (Å²) in [7, 11) is 0. The number of carbonyl (C=O) groups is 2. The number of hydrogen-bond donors (Lipinski definition) is 1. The third-order valence-corrected chi connectivity index (χ3v) is 5.10. The molecule has 1 unspecified atom stereocenters. The molecule has 1 saturated heterocycles. The molecule has 0 aromatic heterocycles. The van der Waals surface area contributed by atoms with Crippen molar-refractivity contribution in [2.45, 2.75) is 25.1 Å². The van der Waals surface area contributed by atoms with E-state index in [-0.39, 0.29) is 23.0 Å². The number of nitrogens with zero attached hydrogens (tertiary/aromatic N) is 1. The summed E-state index contributed by atoms with van der Waals surface area (Å²) in [5.74, 6) is -0.118. The first-order chi connectivity index (χ1) is 12.1. The zero-order chi connectivity index (χ0) is 17.8. The van der Waals surface area contributed by atoms with Gasteiger partial charge in [0.1, 0.15) is 11.2 Å². The third-order valence-electron chi connectivity index (χ3n) is 3.89. The molecule has 0 aliphatic carbocycles. The SMILES string of the molecule is CCCC(=O)Nc1cccc(C2SCC(=O)N2c2cccc(F)c2)c1. The molecule has 1 aliphatic rings. The van der Waals surface area contributed by atoms with Crippen LogP contribution in [0.3, 0.4) is 0 Å². The smallest absolute Gasteiger partial charge is 0.238 e. The summed E-state index contributed by atoms with van der Waals surface area (Å²) < 4.78 is 13.6. The average molecular weight is 358 g/mol. The van der Waals surface area contributed by atoms with Crippen LogP contribution in [-0.4, -0.2) is 17.6 Å². The quantitative estimate of drug-likeness (QED) is 0.865. The molecule has 2 aromatic carbocycles. The Hall–Kier alpha value is -2.34. The Bertz CT molecular complexity index is 796. The Kier molecular flexibility index (Phi) is 5.38. The predicted octanol–water partition coefficient (Wildman–Crippen LogP) is 4.34. The fraction of sp³-hybridized carbons (Fsp3) is 0.263. The molecular formula is C19H19FN2O2S. The molecule has 2 aromatic rings. The van der Waals surface area contributed by atoms with Crippen molar-refractivity contribution in [3.05, 3.63) is 59.9 Å². The van der Waals surface area contributed by atoms with Gasteiger partial charge in [0.05, 0.1) is 5.75 Å². The molecule has 4 nitrogen and oxygen atoms in total. The Morgan fingerprint density at radius 3 is 2.84 bits per heavy atom. The molecule has 1 aliphatic heterocycles. The first kappa shape index (κ1) is 17.5. The molecule has 3 rings (SSSR count). The van der Waals surface area contributed by atoms with Gasteiger partial charge in [-0.3, -0.25) is 14.5 Å². The molecule has 1 atom stereocenters. The first-order valence-corrected chi connectivity index (χ1v) is 9.22. The number of rotatable bonds is 5. The highest BCUT2D eigenvalue weighted by Gasteiger charge is 2.34. The topological polar surface area (TPSA) is 49.4 Å². The van der Waals surface area contributed by atoms with Crippen LogP contribution in [0.5, 0.6) is 0 Å². The van der Waals surface area contributed by atoms with Crippen LogP contribution < -0.4 is 10.2 Å². The van der Waals surface area contributed by atoms with Crippen molar-refractivity contribution in [3.63, 3.8) is 0 Å². The fourth-order valence-electron chi connectivity index (χ4n) is 2.80. The van der Waals surface area contributed by atoms with Crippen LogP contribution in [0, 0.1) is 5.82 Å². The standard InChI is InChI=1S/C19H19FN2O2S/c1-2-5-17(23)21-15-8-3-6-13(10-15)19-22(18(24)12-25-19)16-9-4-7-14(20)11-16/h3-4,6-11,19H,2,5,12H2,1H3,(H,21,23). The number of amides is 2. The number of nitrogens with one attached hydrogen (secondary N) is 1. The van der Waals surface area contributed by atoms with Crippen LogP contribution in [0.15, 0.2) is 48.5 Å². The number of thioether (sulfide) groups is 1. The Balaban J connectivity index is 1.87. The molecule has 2 amide bonds. The van der Waals surface area contributed by atoms with E-state index >= 15 is 0 Å². The number of halogens is 1. The summed E-state index contributed by atoms with van der Waals surface area (Å²) >= 11 is 1.49. The summed E-state index contributed by atoms with van der Waals surface area (Å²) in [6, 6.07) is 13.5. The number of anilines is 2. The minimum Gasteiger partial charge on any atom is -0.326 e. The lowest BCUT2D eigenvalue weighted by Gasteiger charge is -2.24. The zero-order valence-corrected chi connectivity index (χ0v) is 14.7. The monoisotopic (exact) mass is 358 g/mol. The molecule has 25 heavy (non-hydrogen) atoms. The van der Waals surface area contributed by atoms with Gasteiger partial charge >= 0.3 is 0 Å². The van der Waals surface area contributed by atoms with E-state index in [1.165, 1.54) is 23.9 Å². The van der Waals surface area contributed by atoms with E-state index in [1.807, 2.05) is 31.2 Å². The van der Waals surface area contributed by atoms with E-state index in [2.05, 4.69) is 5.32 Å². The van der Waals surface area contributed by atoms with Crippen LogP contribution in [-0.2, 0) is 9.59 Å². The largest absolute Gasteiger partial charge is 0.326 e. The Morgan fingerprint density at radius 2 is 2.08 bits per heavy atom. The Labute approximate surface area is 150 Å². The highest BCUT2D eigenvalue weighted by Crippen LogP contribution is 2.42. The van der Waals surface area contributed by atoms with E-state index in [0.29, 0.717) is 23.5 Å². The molecule has 0 radical (unpaired) electrons. The predicted molar refractivity (Wildman–Crippen MR) is 99.1 cm³/mol. The van der Waals surface area contributed by atoms with Crippen molar-refractivity contribution in [2.24, 2.45) is 0 Å². The minimum atomic E-state index is -0.374. The molecule has 0 saturated carbocycles. The Morgan fingerprint density at radius 1 is 1.28 bits per heavy atom. The van der Waals surface area contributed by atoms with Gasteiger partial charge in [0, 0.05) is 17.8 Å². The number of carbonyl (C=O) groups excluding carboxylic acids is 2. The van der Waals surface area contributed by atoms with E-state index in [9.17, 15) is 14.0 Å². The zero-order valence-electron chi connectivity index (χ0n) is 13.9. The van der Waals surface area contributed by atoms with Crippen LogP contribution >= 0.6 is 11.8 Å². The second kappa shape index (κ2) is 7.70. The maximum atomic E-state index is 13.6. The van der Waals surface area contributed by atoms with Crippen molar-refractivity contribution in [1.82, 2.24) is 0 Å². The average Bonchev–Trinajstić information content (AvgIpc) is 2.97. The summed E-state index contributed by atoms with van der Waals surface area (Å²) in [5.41, 5.74) is 2.14. The van der Waals surface area contributed by atoms with E-state index in [1.54, 1.807) is 17.0 Å². The third kappa shape index (κ3) is 4.02. The van der Waals surface area contributed by atoms with Crippen molar-refractivity contribution >= 4 is 35.0 Å². The van der Waals surface area contributed by atoms with Crippen LogP contribution in [0.25, 0.3) is 0 Å². The van der Waals surface area contributed by atoms with Gasteiger partial charge < -0.3 is 5.32 Å². The highest BCUT2D eigenvalue weighted by molar-refractivity contribution is 8.00.